The van der Waals surface area contributed by atoms with E-state index in [4.69, 9.17) is 0 Å². The topological polar surface area (TPSA) is 104 Å². The van der Waals surface area contributed by atoms with Gasteiger partial charge in [0, 0.05) is 17.9 Å². The Hall–Kier alpha value is -3.39. The standard InChI is InChI=1S/C22H20N4O3S/c1-13-7-5-6-10-16(13)23-20(28)15-11-17(27)24-19-18(15)21(29)26-22(25-19)30-12-14-8-3-2-4-9-14/h2-10,15H,11-12H2,1H3,(H,23,28)(H2,24,25,26,27,29)/t15-/m0/s1. The average molecular weight is 420 g/mol. The molecule has 0 aliphatic carbocycles. The first-order valence-corrected chi connectivity index (χ1v) is 10.5. The number of anilines is 2. The Morgan fingerprint density at radius 2 is 1.87 bits per heavy atom. The summed E-state index contributed by atoms with van der Waals surface area (Å²) in [6, 6.07) is 17.1. The molecule has 4 rings (SSSR count). The number of rotatable bonds is 5. The first-order valence-electron chi connectivity index (χ1n) is 9.48. The van der Waals surface area contributed by atoms with E-state index < -0.39 is 17.4 Å². The minimum absolute atomic E-state index is 0.105. The Kier molecular flexibility index (Phi) is 5.67. The van der Waals surface area contributed by atoms with Gasteiger partial charge in [-0.1, -0.05) is 60.3 Å². The molecule has 7 nitrogen and oxygen atoms in total. The third kappa shape index (κ3) is 4.28. The highest BCUT2D eigenvalue weighted by atomic mass is 32.2. The summed E-state index contributed by atoms with van der Waals surface area (Å²) in [6.07, 6.45) is -0.105. The molecule has 0 bridgehead atoms. The van der Waals surface area contributed by atoms with Gasteiger partial charge >= 0.3 is 0 Å². The minimum Gasteiger partial charge on any atom is -0.325 e. The van der Waals surface area contributed by atoms with Crippen molar-refractivity contribution in [2.75, 3.05) is 10.6 Å². The summed E-state index contributed by atoms with van der Waals surface area (Å²) in [5.41, 5.74) is 2.40. The van der Waals surface area contributed by atoms with Gasteiger partial charge < -0.3 is 15.6 Å². The molecule has 8 heteroatoms. The van der Waals surface area contributed by atoms with Gasteiger partial charge in [0.1, 0.15) is 5.82 Å². The van der Waals surface area contributed by atoms with Crippen LogP contribution in [0.3, 0.4) is 0 Å². The molecule has 30 heavy (non-hydrogen) atoms. The normalized spacial score (nSPS) is 15.2. The molecule has 3 N–H and O–H groups in total. The summed E-state index contributed by atoms with van der Waals surface area (Å²) in [7, 11) is 0. The highest BCUT2D eigenvalue weighted by molar-refractivity contribution is 7.98. The molecule has 0 fully saturated rings. The van der Waals surface area contributed by atoms with E-state index >= 15 is 0 Å². The van der Waals surface area contributed by atoms with Crippen molar-refractivity contribution in [3.63, 3.8) is 0 Å². The number of aromatic nitrogens is 2. The van der Waals surface area contributed by atoms with E-state index in [1.54, 1.807) is 6.07 Å². The number of para-hydroxylation sites is 1. The largest absolute Gasteiger partial charge is 0.325 e. The number of amides is 2. The van der Waals surface area contributed by atoms with E-state index in [1.807, 2.05) is 55.5 Å². The molecule has 2 amide bonds. The Labute approximate surface area is 177 Å². The molecule has 0 radical (unpaired) electrons. The summed E-state index contributed by atoms with van der Waals surface area (Å²) in [5, 5.41) is 5.85. The molecule has 0 saturated carbocycles. The van der Waals surface area contributed by atoms with Crippen LogP contribution in [-0.4, -0.2) is 21.8 Å². The second-order valence-corrected chi connectivity index (χ2v) is 7.98. The number of benzene rings is 2. The second-order valence-electron chi connectivity index (χ2n) is 7.02. The van der Waals surface area contributed by atoms with Crippen LogP contribution in [0.2, 0.25) is 0 Å². The Bertz CT molecular complexity index is 1160. The number of aryl methyl sites for hydroxylation is 1. The van der Waals surface area contributed by atoms with Crippen molar-refractivity contribution in [2.24, 2.45) is 0 Å². The quantitative estimate of drug-likeness (QED) is 0.433. The number of fused-ring (bicyclic) bond motifs is 1. The zero-order chi connectivity index (χ0) is 21.1. The summed E-state index contributed by atoms with van der Waals surface area (Å²) < 4.78 is 0. The lowest BCUT2D eigenvalue weighted by Crippen LogP contribution is -2.36. The summed E-state index contributed by atoms with van der Waals surface area (Å²) in [4.78, 5) is 45.0. The maximum absolute atomic E-state index is 12.9. The van der Waals surface area contributed by atoms with Crippen molar-refractivity contribution in [1.82, 2.24) is 9.97 Å². The van der Waals surface area contributed by atoms with Gasteiger partial charge in [-0.05, 0) is 24.1 Å². The smallest absolute Gasteiger partial charge is 0.257 e. The van der Waals surface area contributed by atoms with Crippen LogP contribution >= 0.6 is 11.8 Å². The van der Waals surface area contributed by atoms with Gasteiger partial charge in [-0.3, -0.25) is 14.4 Å². The van der Waals surface area contributed by atoms with Crippen LogP contribution in [0.4, 0.5) is 11.5 Å². The maximum Gasteiger partial charge on any atom is 0.257 e. The predicted octanol–water partition coefficient (Wildman–Crippen LogP) is 3.44. The van der Waals surface area contributed by atoms with Crippen LogP contribution in [0.15, 0.2) is 64.5 Å². The van der Waals surface area contributed by atoms with Crippen molar-refractivity contribution in [3.8, 4) is 0 Å². The van der Waals surface area contributed by atoms with E-state index in [0.717, 1.165) is 11.1 Å². The molecule has 1 atom stereocenters. The average Bonchev–Trinajstić information content (AvgIpc) is 2.73. The molecular weight excluding hydrogens is 400 g/mol. The van der Waals surface area contributed by atoms with Crippen LogP contribution in [0.25, 0.3) is 0 Å². The van der Waals surface area contributed by atoms with Gasteiger partial charge in [-0.2, -0.15) is 0 Å². The lowest BCUT2D eigenvalue weighted by molar-refractivity contribution is -0.123. The van der Waals surface area contributed by atoms with Gasteiger partial charge in [-0.15, -0.1) is 0 Å². The van der Waals surface area contributed by atoms with Crippen LogP contribution < -0.4 is 16.2 Å². The van der Waals surface area contributed by atoms with E-state index in [0.29, 0.717) is 16.6 Å². The highest BCUT2D eigenvalue weighted by Crippen LogP contribution is 2.31. The number of H-pyrrole nitrogens is 1. The molecule has 3 aromatic rings. The van der Waals surface area contributed by atoms with E-state index in [1.165, 1.54) is 11.8 Å². The van der Waals surface area contributed by atoms with Crippen LogP contribution in [-0.2, 0) is 15.3 Å². The van der Waals surface area contributed by atoms with E-state index in [2.05, 4.69) is 20.6 Å². The predicted molar refractivity (Wildman–Crippen MR) is 117 cm³/mol. The number of nitrogens with one attached hydrogen (secondary N) is 3. The summed E-state index contributed by atoms with van der Waals surface area (Å²) in [5.74, 6) is -0.886. The first kappa shape index (κ1) is 19.9. The van der Waals surface area contributed by atoms with Crippen molar-refractivity contribution in [2.45, 2.75) is 30.2 Å². The maximum atomic E-state index is 12.9. The number of carbonyl (C=O) groups is 2. The fraction of sp³-hybridized carbons (Fsp3) is 0.182. The number of nitrogens with zero attached hydrogens (tertiary/aromatic N) is 1. The summed E-state index contributed by atoms with van der Waals surface area (Å²) >= 11 is 1.36. The van der Waals surface area contributed by atoms with Crippen LogP contribution in [0.5, 0.6) is 0 Å². The number of hydrogen-bond donors (Lipinski definition) is 3. The zero-order valence-corrected chi connectivity index (χ0v) is 17.1. The molecule has 152 valence electrons. The molecule has 2 aromatic carbocycles. The van der Waals surface area contributed by atoms with Gasteiger partial charge in [-0.25, -0.2) is 4.98 Å². The van der Waals surface area contributed by atoms with Gasteiger partial charge in [0.25, 0.3) is 5.56 Å². The third-order valence-electron chi connectivity index (χ3n) is 4.87. The molecule has 2 heterocycles. The van der Waals surface area contributed by atoms with Gasteiger partial charge in [0.15, 0.2) is 5.16 Å². The molecule has 1 aliphatic rings. The molecule has 0 unspecified atom stereocenters. The molecule has 1 aromatic heterocycles. The fourth-order valence-corrected chi connectivity index (χ4v) is 4.12. The highest BCUT2D eigenvalue weighted by Gasteiger charge is 2.34. The van der Waals surface area contributed by atoms with Crippen LogP contribution in [0.1, 0.15) is 29.0 Å². The summed E-state index contributed by atoms with van der Waals surface area (Å²) in [6.45, 7) is 1.88. The molecule has 0 saturated heterocycles. The lowest BCUT2D eigenvalue weighted by atomic mass is 9.92. The van der Waals surface area contributed by atoms with Crippen molar-refractivity contribution in [1.29, 1.82) is 0 Å². The molecule has 0 spiro atoms. The SMILES string of the molecule is Cc1ccccc1NC(=O)[C@H]1CC(=O)Nc2nc(SCc3ccccc3)[nH]c(=O)c21. The first-order chi connectivity index (χ1) is 14.5. The minimum atomic E-state index is -0.905. The van der Waals surface area contributed by atoms with Crippen molar-refractivity contribution >= 4 is 35.1 Å². The lowest BCUT2D eigenvalue weighted by Gasteiger charge is -2.23. The number of carbonyl (C=O) groups excluding carboxylic acids is 2. The second kappa shape index (κ2) is 8.54. The Morgan fingerprint density at radius 1 is 1.13 bits per heavy atom. The van der Waals surface area contributed by atoms with Crippen molar-refractivity contribution < 1.29 is 9.59 Å². The zero-order valence-electron chi connectivity index (χ0n) is 16.3. The van der Waals surface area contributed by atoms with E-state index in [-0.39, 0.29) is 23.7 Å². The number of aromatic amines is 1. The van der Waals surface area contributed by atoms with Crippen LogP contribution in [0, 0.1) is 6.92 Å². The monoisotopic (exact) mass is 420 g/mol. The van der Waals surface area contributed by atoms with Gasteiger partial charge in [0.2, 0.25) is 11.8 Å². The number of thioether (sulfide) groups is 1. The molecule has 1 aliphatic heterocycles. The Morgan fingerprint density at radius 3 is 2.63 bits per heavy atom. The third-order valence-corrected chi connectivity index (χ3v) is 5.81. The molecular formula is C22H20N4O3S. The van der Waals surface area contributed by atoms with Gasteiger partial charge in [0.05, 0.1) is 11.5 Å². The fourth-order valence-electron chi connectivity index (χ4n) is 3.30. The van der Waals surface area contributed by atoms with Crippen molar-refractivity contribution in [3.05, 3.63) is 81.6 Å². The number of hydrogen-bond acceptors (Lipinski definition) is 5. The van der Waals surface area contributed by atoms with E-state index in [9.17, 15) is 14.4 Å². The Balaban J connectivity index is 1.59.